The molecule has 2 N–H and O–H groups in total. The third-order valence-corrected chi connectivity index (χ3v) is 3.48. The van der Waals surface area contributed by atoms with Gasteiger partial charge in [0.25, 0.3) is 0 Å². The van der Waals surface area contributed by atoms with Crippen LogP contribution in [-0.4, -0.2) is 16.2 Å². The maximum absolute atomic E-state index is 11.4. The van der Waals surface area contributed by atoms with E-state index in [1.807, 2.05) is 24.3 Å². The highest BCUT2D eigenvalue weighted by Crippen LogP contribution is 2.24. The van der Waals surface area contributed by atoms with Crippen LogP contribution in [0.2, 0.25) is 0 Å². The molecular weight excluding hydrogens is 308 g/mol. The van der Waals surface area contributed by atoms with E-state index in [2.05, 4.69) is 15.9 Å². The van der Waals surface area contributed by atoms with Gasteiger partial charge in [0.2, 0.25) is 0 Å². The Kier molecular flexibility index (Phi) is 4.22. The van der Waals surface area contributed by atoms with E-state index in [0.29, 0.717) is 12.0 Å². The highest BCUT2D eigenvalue weighted by atomic mass is 79.9. The molecule has 0 amide bonds. The first-order valence-electron chi connectivity index (χ1n) is 5.82. The number of carboxylic acid groups (broad SMARTS) is 1. The molecule has 19 heavy (non-hydrogen) atoms. The van der Waals surface area contributed by atoms with Crippen molar-refractivity contribution in [3.63, 3.8) is 0 Å². The molecule has 0 fully saturated rings. The monoisotopic (exact) mass is 320 g/mol. The van der Waals surface area contributed by atoms with E-state index in [-0.39, 0.29) is 5.75 Å². The highest BCUT2D eigenvalue weighted by molar-refractivity contribution is 9.10. The molecule has 0 aliphatic rings. The van der Waals surface area contributed by atoms with Gasteiger partial charge in [-0.05, 0) is 41.8 Å². The molecule has 0 spiro atoms. The first-order chi connectivity index (χ1) is 9.06. The normalized spacial score (nSPS) is 12.1. The predicted molar refractivity (Wildman–Crippen MR) is 76.3 cm³/mol. The number of aliphatic carboxylic acids is 1. The molecule has 98 valence electrons. The number of aromatic hydroxyl groups is 1. The van der Waals surface area contributed by atoms with Crippen molar-refractivity contribution in [2.24, 2.45) is 0 Å². The minimum Gasteiger partial charge on any atom is -0.508 e. The van der Waals surface area contributed by atoms with Crippen LogP contribution in [0, 0.1) is 0 Å². The Labute approximate surface area is 119 Å². The van der Waals surface area contributed by atoms with E-state index >= 15 is 0 Å². The molecule has 0 saturated heterocycles. The molecule has 0 heterocycles. The second-order valence-electron chi connectivity index (χ2n) is 4.31. The summed E-state index contributed by atoms with van der Waals surface area (Å²) in [6.45, 7) is 0. The summed E-state index contributed by atoms with van der Waals surface area (Å²) in [4.78, 5) is 11.4. The first kappa shape index (κ1) is 13.6. The second-order valence-corrected chi connectivity index (χ2v) is 5.23. The lowest BCUT2D eigenvalue weighted by Crippen LogP contribution is -2.14. The minimum atomic E-state index is -0.867. The van der Waals surface area contributed by atoms with Crippen LogP contribution in [0.4, 0.5) is 0 Å². The Bertz CT molecular complexity index is 561. The van der Waals surface area contributed by atoms with Gasteiger partial charge in [-0.15, -0.1) is 0 Å². The Hall–Kier alpha value is -1.81. The SMILES string of the molecule is O=C(O)C(Cc1ccc(Br)cc1)c1ccc(O)cc1. The molecule has 0 aliphatic carbocycles. The number of rotatable bonds is 4. The molecule has 0 aromatic heterocycles. The molecule has 2 rings (SSSR count). The van der Waals surface area contributed by atoms with Crippen LogP contribution >= 0.6 is 15.9 Å². The second kappa shape index (κ2) is 5.89. The number of phenolic OH excluding ortho intramolecular Hbond substituents is 1. The van der Waals surface area contributed by atoms with E-state index in [9.17, 15) is 15.0 Å². The van der Waals surface area contributed by atoms with Crippen LogP contribution in [0.25, 0.3) is 0 Å². The maximum Gasteiger partial charge on any atom is 0.311 e. The molecule has 2 aromatic rings. The Morgan fingerprint density at radius 1 is 1.05 bits per heavy atom. The summed E-state index contributed by atoms with van der Waals surface area (Å²) in [5, 5.41) is 18.6. The van der Waals surface area contributed by atoms with Gasteiger partial charge in [0.05, 0.1) is 5.92 Å². The molecule has 0 bridgehead atoms. The maximum atomic E-state index is 11.4. The van der Waals surface area contributed by atoms with Crippen molar-refractivity contribution in [2.75, 3.05) is 0 Å². The summed E-state index contributed by atoms with van der Waals surface area (Å²) in [5.74, 6) is -1.34. The van der Waals surface area contributed by atoms with E-state index in [1.54, 1.807) is 12.1 Å². The van der Waals surface area contributed by atoms with Gasteiger partial charge in [-0.3, -0.25) is 4.79 Å². The van der Waals surface area contributed by atoms with Gasteiger partial charge in [0.15, 0.2) is 0 Å². The average Bonchev–Trinajstić information content (AvgIpc) is 2.39. The van der Waals surface area contributed by atoms with Crippen LogP contribution in [0.3, 0.4) is 0 Å². The van der Waals surface area contributed by atoms with Crippen molar-refractivity contribution in [2.45, 2.75) is 12.3 Å². The molecule has 3 nitrogen and oxygen atoms in total. The molecule has 0 saturated carbocycles. The lowest BCUT2D eigenvalue weighted by atomic mass is 9.92. The van der Waals surface area contributed by atoms with Gasteiger partial charge in [-0.2, -0.15) is 0 Å². The van der Waals surface area contributed by atoms with Crippen molar-refractivity contribution >= 4 is 21.9 Å². The largest absolute Gasteiger partial charge is 0.508 e. The first-order valence-corrected chi connectivity index (χ1v) is 6.62. The van der Waals surface area contributed by atoms with Gasteiger partial charge < -0.3 is 10.2 Å². The van der Waals surface area contributed by atoms with E-state index in [1.165, 1.54) is 12.1 Å². The third-order valence-electron chi connectivity index (χ3n) is 2.95. The molecule has 2 aromatic carbocycles. The molecule has 0 aliphatic heterocycles. The number of hydrogen-bond donors (Lipinski definition) is 2. The standard InChI is InChI=1S/C15H13BrO3/c16-12-5-1-10(2-6-12)9-14(15(18)19)11-3-7-13(17)8-4-11/h1-8,14,17H,9H2,(H,18,19). The van der Waals surface area contributed by atoms with Crippen molar-refractivity contribution in [3.8, 4) is 5.75 Å². The van der Waals surface area contributed by atoms with Crippen LogP contribution in [-0.2, 0) is 11.2 Å². The fourth-order valence-electron chi connectivity index (χ4n) is 1.91. The molecule has 1 atom stereocenters. The molecule has 0 radical (unpaired) electrons. The lowest BCUT2D eigenvalue weighted by molar-refractivity contribution is -0.138. The minimum absolute atomic E-state index is 0.136. The lowest BCUT2D eigenvalue weighted by Gasteiger charge is -2.13. The topological polar surface area (TPSA) is 57.5 Å². The van der Waals surface area contributed by atoms with E-state index < -0.39 is 11.9 Å². The predicted octanol–water partition coefficient (Wildman–Crippen LogP) is 3.57. The van der Waals surface area contributed by atoms with Gasteiger partial charge in [0, 0.05) is 4.47 Å². The van der Waals surface area contributed by atoms with Crippen LogP contribution < -0.4 is 0 Å². The smallest absolute Gasteiger partial charge is 0.311 e. The van der Waals surface area contributed by atoms with Gasteiger partial charge >= 0.3 is 5.97 Å². The molecule has 1 unspecified atom stereocenters. The number of hydrogen-bond acceptors (Lipinski definition) is 2. The van der Waals surface area contributed by atoms with E-state index in [0.717, 1.165) is 10.0 Å². The van der Waals surface area contributed by atoms with E-state index in [4.69, 9.17) is 0 Å². The van der Waals surface area contributed by atoms with Crippen molar-refractivity contribution in [1.29, 1.82) is 0 Å². The number of halogens is 1. The van der Waals surface area contributed by atoms with Crippen LogP contribution in [0.1, 0.15) is 17.0 Å². The summed E-state index contributed by atoms with van der Waals surface area (Å²) >= 11 is 3.35. The fourth-order valence-corrected chi connectivity index (χ4v) is 2.17. The Balaban J connectivity index is 2.23. The van der Waals surface area contributed by atoms with Crippen molar-refractivity contribution in [1.82, 2.24) is 0 Å². The zero-order valence-corrected chi connectivity index (χ0v) is 11.7. The number of benzene rings is 2. The summed E-state index contributed by atoms with van der Waals surface area (Å²) in [7, 11) is 0. The number of carboxylic acids is 1. The molecular formula is C15H13BrO3. The van der Waals surface area contributed by atoms with Crippen molar-refractivity contribution < 1.29 is 15.0 Å². The highest BCUT2D eigenvalue weighted by Gasteiger charge is 2.20. The number of carbonyl (C=O) groups is 1. The summed E-state index contributed by atoms with van der Waals surface area (Å²) in [6.07, 6.45) is 0.424. The average molecular weight is 321 g/mol. The summed E-state index contributed by atoms with van der Waals surface area (Å²) < 4.78 is 0.966. The van der Waals surface area contributed by atoms with Gasteiger partial charge in [-0.1, -0.05) is 40.2 Å². The molecule has 4 heteroatoms. The zero-order chi connectivity index (χ0) is 13.8. The van der Waals surface area contributed by atoms with Crippen molar-refractivity contribution in [3.05, 3.63) is 64.1 Å². The quantitative estimate of drug-likeness (QED) is 0.905. The third kappa shape index (κ3) is 3.58. The fraction of sp³-hybridized carbons (Fsp3) is 0.133. The summed E-state index contributed by atoms with van der Waals surface area (Å²) in [5.41, 5.74) is 1.65. The Morgan fingerprint density at radius 3 is 2.16 bits per heavy atom. The summed E-state index contributed by atoms with van der Waals surface area (Å²) in [6, 6.07) is 13.9. The van der Waals surface area contributed by atoms with Gasteiger partial charge in [-0.25, -0.2) is 0 Å². The zero-order valence-electron chi connectivity index (χ0n) is 10.1. The van der Waals surface area contributed by atoms with Gasteiger partial charge in [0.1, 0.15) is 5.75 Å². The van der Waals surface area contributed by atoms with Crippen LogP contribution in [0.5, 0.6) is 5.75 Å². The van der Waals surface area contributed by atoms with Crippen LogP contribution in [0.15, 0.2) is 53.0 Å². The Morgan fingerprint density at radius 2 is 1.63 bits per heavy atom. The number of phenols is 1.